The lowest BCUT2D eigenvalue weighted by molar-refractivity contribution is 0.168. The second-order valence-electron chi connectivity index (χ2n) is 9.03. The van der Waals surface area contributed by atoms with Gasteiger partial charge in [-0.25, -0.2) is 17.7 Å². The molecule has 1 aliphatic rings. The second kappa shape index (κ2) is 9.02. The van der Waals surface area contributed by atoms with Crippen LogP contribution in [0.25, 0.3) is 11.0 Å². The highest BCUT2D eigenvalue weighted by Crippen LogP contribution is 2.34. The van der Waals surface area contributed by atoms with E-state index in [1.54, 1.807) is 26.2 Å². The highest BCUT2D eigenvalue weighted by atomic mass is 32.2. The zero-order valence-corrected chi connectivity index (χ0v) is 20.7. The fraction of sp³-hybridized carbons (Fsp3) is 0.346. The summed E-state index contributed by atoms with van der Waals surface area (Å²) in [5, 5.41) is 0. The first-order valence-corrected chi connectivity index (χ1v) is 13.2. The van der Waals surface area contributed by atoms with Crippen LogP contribution >= 0.6 is 0 Å². The molecular weight excluding hydrogens is 446 g/mol. The third-order valence-electron chi connectivity index (χ3n) is 6.62. The lowest BCUT2D eigenvalue weighted by Crippen LogP contribution is -2.38. The van der Waals surface area contributed by atoms with Gasteiger partial charge in [0.05, 0.1) is 28.5 Å². The summed E-state index contributed by atoms with van der Waals surface area (Å²) in [5.74, 6) is 0.970. The predicted molar refractivity (Wildman–Crippen MR) is 134 cm³/mol. The van der Waals surface area contributed by atoms with Gasteiger partial charge in [-0.1, -0.05) is 37.3 Å². The smallest absolute Gasteiger partial charge is 0.242 e. The van der Waals surface area contributed by atoms with Crippen LogP contribution in [0.5, 0.6) is 0 Å². The molecule has 3 heterocycles. The summed E-state index contributed by atoms with van der Waals surface area (Å²) in [5.41, 5.74) is 4.25. The Morgan fingerprint density at radius 2 is 1.82 bits per heavy atom. The molecule has 1 aliphatic heterocycles. The van der Waals surface area contributed by atoms with E-state index in [-0.39, 0.29) is 10.9 Å². The zero-order chi connectivity index (χ0) is 23.9. The number of benzene rings is 2. The summed E-state index contributed by atoms with van der Waals surface area (Å²) in [6, 6.07) is 20.4. The molecule has 0 amide bonds. The van der Waals surface area contributed by atoms with Crippen molar-refractivity contribution in [2.45, 2.75) is 43.9 Å². The van der Waals surface area contributed by atoms with Gasteiger partial charge in [0.25, 0.3) is 0 Å². The van der Waals surface area contributed by atoms with Gasteiger partial charge in [-0.3, -0.25) is 4.90 Å². The predicted octanol–water partition coefficient (Wildman–Crippen LogP) is 4.10. The molecule has 4 aromatic rings. The third-order valence-corrected chi connectivity index (χ3v) is 8.43. The molecule has 8 heteroatoms. The summed E-state index contributed by atoms with van der Waals surface area (Å²) in [6.45, 7) is 5.53. The molecule has 0 bridgehead atoms. The van der Waals surface area contributed by atoms with Crippen LogP contribution in [0.4, 0.5) is 0 Å². The molecule has 7 nitrogen and oxygen atoms in total. The van der Waals surface area contributed by atoms with Crippen LogP contribution in [-0.2, 0) is 29.7 Å². The minimum atomic E-state index is -3.51. The van der Waals surface area contributed by atoms with Crippen molar-refractivity contribution in [2.24, 2.45) is 0 Å². The molecule has 0 aliphatic carbocycles. The molecule has 0 spiro atoms. The third kappa shape index (κ3) is 3.96. The van der Waals surface area contributed by atoms with E-state index in [0.29, 0.717) is 6.54 Å². The maximum Gasteiger partial charge on any atom is 0.242 e. The summed E-state index contributed by atoms with van der Waals surface area (Å²) in [4.78, 5) is 7.72. The summed E-state index contributed by atoms with van der Waals surface area (Å²) in [7, 11) is -0.408. The van der Waals surface area contributed by atoms with Crippen LogP contribution in [-0.4, -0.2) is 52.4 Å². The van der Waals surface area contributed by atoms with Crippen LogP contribution < -0.4 is 0 Å². The first-order chi connectivity index (χ1) is 16.4. The maximum absolute atomic E-state index is 12.7. The number of aryl methyl sites for hydroxylation is 1. The standard InChI is InChI=1S/C26H31N5O2S/c1-4-14-31-23-13-12-21(34(32,33)28(2)3)18-22(23)27-25(31)19-30-17-16-29-15-8-11-24(29)26(30)20-9-6-5-7-10-20/h5-13,15,18,26H,4,14,16-17,19H2,1-3H3. The normalized spacial score (nSPS) is 16.9. The molecule has 0 N–H and O–H groups in total. The molecule has 178 valence electrons. The van der Waals surface area contributed by atoms with Crippen molar-refractivity contribution < 1.29 is 8.42 Å². The van der Waals surface area contributed by atoms with Crippen LogP contribution in [0.15, 0.2) is 71.8 Å². The van der Waals surface area contributed by atoms with Gasteiger partial charge in [-0.2, -0.15) is 0 Å². The number of hydrogen-bond donors (Lipinski definition) is 0. The van der Waals surface area contributed by atoms with E-state index in [9.17, 15) is 8.42 Å². The van der Waals surface area contributed by atoms with E-state index in [1.807, 2.05) is 6.07 Å². The Balaban J connectivity index is 1.56. The molecule has 0 saturated carbocycles. The number of aromatic nitrogens is 3. The van der Waals surface area contributed by atoms with Gasteiger partial charge in [0.2, 0.25) is 10.0 Å². The largest absolute Gasteiger partial charge is 0.348 e. The molecule has 2 aromatic carbocycles. The van der Waals surface area contributed by atoms with Crippen molar-refractivity contribution in [2.75, 3.05) is 20.6 Å². The van der Waals surface area contributed by atoms with Crippen molar-refractivity contribution in [3.05, 3.63) is 83.9 Å². The van der Waals surface area contributed by atoms with Crippen molar-refractivity contribution in [3.8, 4) is 0 Å². The number of imidazole rings is 1. The van der Waals surface area contributed by atoms with E-state index in [4.69, 9.17) is 4.98 Å². The van der Waals surface area contributed by atoms with Gasteiger partial charge in [-0.15, -0.1) is 0 Å². The zero-order valence-electron chi connectivity index (χ0n) is 19.9. The molecular formula is C26H31N5O2S. The SMILES string of the molecule is CCCn1c(CN2CCn3cccc3C2c2ccccc2)nc2cc(S(=O)(=O)N(C)C)ccc21. The Morgan fingerprint density at radius 3 is 2.56 bits per heavy atom. The van der Waals surface area contributed by atoms with Crippen molar-refractivity contribution >= 4 is 21.1 Å². The molecule has 34 heavy (non-hydrogen) atoms. The minimum Gasteiger partial charge on any atom is -0.348 e. The molecule has 0 saturated heterocycles. The average Bonchev–Trinajstić information content (AvgIpc) is 3.44. The lowest BCUT2D eigenvalue weighted by atomic mass is 10.00. The number of nitrogens with zero attached hydrogens (tertiary/aromatic N) is 5. The minimum absolute atomic E-state index is 0.143. The summed E-state index contributed by atoms with van der Waals surface area (Å²) in [6.07, 6.45) is 3.13. The Hall–Kier alpha value is -2.94. The monoisotopic (exact) mass is 477 g/mol. The first kappa shape index (κ1) is 22.8. The molecule has 5 rings (SSSR count). The van der Waals surface area contributed by atoms with Crippen LogP contribution in [0.3, 0.4) is 0 Å². The van der Waals surface area contributed by atoms with E-state index in [1.165, 1.54) is 15.6 Å². The highest BCUT2D eigenvalue weighted by Gasteiger charge is 2.30. The molecule has 2 aromatic heterocycles. The number of rotatable bonds is 7. The van der Waals surface area contributed by atoms with Crippen LogP contribution in [0.1, 0.15) is 36.5 Å². The van der Waals surface area contributed by atoms with Crippen molar-refractivity contribution in [1.29, 1.82) is 0 Å². The maximum atomic E-state index is 12.7. The van der Waals surface area contributed by atoms with Crippen LogP contribution in [0, 0.1) is 0 Å². The van der Waals surface area contributed by atoms with E-state index in [2.05, 4.69) is 69.6 Å². The quantitative estimate of drug-likeness (QED) is 0.402. The molecule has 1 atom stereocenters. The fourth-order valence-electron chi connectivity index (χ4n) is 4.92. The number of hydrogen-bond acceptors (Lipinski definition) is 4. The topological polar surface area (TPSA) is 63.4 Å². The van der Waals surface area contributed by atoms with Gasteiger partial charge in [-0.05, 0) is 42.3 Å². The lowest BCUT2D eigenvalue weighted by Gasteiger charge is -2.37. The van der Waals surface area contributed by atoms with Gasteiger partial charge in [0.15, 0.2) is 0 Å². The van der Waals surface area contributed by atoms with Crippen LogP contribution in [0.2, 0.25) is 0 Å². The average molecular weight is 478 g/mol. The number of sulfonamides is 1. The second-order valence-corrected chi connectivity index (χ2v) is 11.2. The van der Waals surface area contributed by atoms with Gasteiger partial charge in [0, 0.05) is 45.6 Å². The molecule has 0 radical (unpaired) electrons. The molecule has 0 fully saturated rings. The Labute approximate surface area is 201 Å². The fourth-order valence-corrected chi connectivity index (χ4v) is 5.85. The van der Waals surface area contributed by atoms with Crippen molar-refractivity contribution in [1.82, 2.24) is 23.3 Å². The van der Waals surface area contributed by atoms with E-state index >= 15 is 0 Å². The van der Waals surface area contributed by atoms with Gasteiger partial charge >= 0.3 is 0 Å². The van der Waals surface area contributed by atoms with Gasteiger partial charge < -0.3 is 9.13 Å². The van der Waals surface area contributed by atoms with Crippen molar-refractivity contribution in [3.63, 3.8) is 0 Å². The van der Waals surface area contributed by atoms with E-state index in [0.717, 1.165) is 42.9 Å². The Bertz CT molecular complexity index is 1410. The molecule has 1 unspecified atom stereocenters. The summed E-state index contributed by atoms with van der Waals surface area (Å²) >= 11 is 0. The Morgan fingerprint density at radius 1 is 1.03 bits per heavy atom. The van der Waals surface area contributed by atoms with E-state index < -0.39 is 10.0 Å². The Kier molecular flexibility index (Phi) is 6.06. The highest BCUT2D eigenvalue weighted by molar-refractivity contribution is 7.89. The first-order valence-electron chi connectivity index (χ1n) is 11.8. The van der Waals surface area contributed by atoms with Gasteiger partial charge in [0.1, 0.15) is 5.82 Å². The summed E-state index contributed by atoms with van der Waals surface area (Å²) < 4.78 is 31.2. The number of fused-ring (bicyclic) bond motifs is 2.